The van der Waals surface area contributed by atoms with Gasteiger partial charge < -0.3 is 5.32 Å². The van der Waals surface area contributed by atoms with E-state index < -0.39 is 10.0 Å². The summed E-state index contributed by atoms with van der Waals surface area (Å²) >= 11 is 6.25. The number of benzene rings is 1. The molecule has 0 aliphatic rings. The number of halogens is 1. The van der Waals surface area contributed by atoms with E-state index in [1.54, 1.807) is 33.8 Å². The molecule has 0 bridgehead atoms. The molecule has 0 aliphatic heterocycles. The second kappa shape index (κ2) is 8.63. The number of nitrogens with one attached hydrogen (secondary N) is 1. The standard InChI is InChI=1S/C19H27ClN4O3S/c1-7-23(8-2)28(26,27)19-14(5)22-24(15(19)6)11-17(25)21-18-13(4)9-12(3)10-16(18)20/h9-10H,7-8,11H2,1-6H3,(H,21,25). The van der Waals surface area contributed by atoms with Crippen LogP contribution in [0.3, 0.4) is 0 Å². The highest BCUT2D eigenvalue weighted by atomic mass is 35.5. The zero-order chi connectivity index (χ0) is 21.2. The van der Waals surface area contributed by atoms with Gasteiger partial charge in [0, 0.05) is 13.1 Å². The van der Waals surface area contributed by atoms with E-state index >= 15 is 0 Å². The Bertz CT molecular complexity index is 972. The first kappa shape index (κ1) is 22.4. The highest BCUT2D eigenvalue weighted by Gasteiger charge is 2.29. The highest BCUT2D eigenvalue weighted by Crippen LogP contribution is 2.28. The van der Waals surface area contributed by atoms with Gasteiger partial charge in [-0.3, -0.25) is 9.48 Å². The van der Waals surface area contributed by atoms with Crippen molar-refractivity contribution < 1.29 is 13.2 Å². The zero-order valence-corrected chi connectivity index (χ0v) is 18.7. The molecule has 0 aliphatic carbocycles. The molecule has 28 heavy (non-hydrogen) atoms. The van der Waals surface area contributed by atoms with Crippen LogP contribution in [0.15, 0.2) is 17.0 Å². The van der Waals surface area contributed by atoms with Crippen molar-refractivity contribution in [3.05, 3.63) is 39.7 Å². The fraction of sp³-hybridized carbons (Fsp3) is 0.474. The molecule has 1 aromatic heterocycles. The molecule has 0 radical (unpaired) electrons. The van der Waals surface area contributed by atoms with E-state index in [9.17, 15) is 13.2 Å². The molecule has 1 amide bonds. The van der Waals surface area contributed by atoms with E-state index in [1.807, 2.05) is 19.9 Å². The largest absolute Gasteiger partial charge is 0.323 e. The van der Waals surface area contributed by atoms with E-state index in [0.717, 1.165) is 11.1 Å². The van der Waals surface area contributed by atoms with Crippen molar-refractivity contribution in [1.29, 1.82) is 0 Å². The molecule has 0 unspecified atom stereocenters. The number of aromatic nitrogens is 2. The lowest BCUT2D eigenvalue weighted by Gasteiger charge is -2.18. The Balaban J connectivity index is 2.30. The number of hydrogen-bond donors (Lipinski definition) is 1. The molecule has 0 saturated heterocycles. The average Bonchev–Trinajstić information content (AvgIpc) is 2.86. The SMILES string of the molecule is CCN(CC)S(=O)(=O)c1c(C)nn(CC(=O)Nc2c(C)cc(C)cc2Cl)c1C. The van der Waals surface area contributed by atoms with Gasteiger partial charge in [0.25, 0.3) is 0 Å². The Morgan fingerprint density at radius 3 is 2.32 bits per heavy atom. The van der Waals surface area contributed by atoms with Crippen molar-refractivity contribution in [3.8, 4) is 0 Å². The molecule has 1 heterocycles. The lowest BCUT2D eigenvalue weighted by molar-refractivity contribution is -0.116. The summed E-state index contributed by atoms with van der Waals surface area (Å²) < 4.78 is 28.6. The maximum Gasteiger partial charge on any atom is 0.246 e. The smallest absolute Gasteiger partial charge is 0.246 e. The predicted molar refractivity (Wildman–Crippen MR) is 111 cm³/mol. The predicted octanol–water partition coefficient (Wildman–Crippen LogP) is 3.44. The van der Waals surface area contributed by atoms with Gasteiger partial charge in [-0.05, 0) is 44.9 Å². The van der Waals surface area contributed by atoms with Gasteiger partial charge in [-0.1, -0.05) is 31.5 Å². The minimum absolute atomic E-state index is 0.107. The topological polar surface area (TPSA) is 84.3 Å². The Labute approximate surface area is 171 Å². The number of aryl methyl sites for hydroxylation is 3. The van der Waals surface area contributed by atoms with Crippen molar-refractivity contribution in [3.63, 3.8) is 0 Å². The molecule has 2 aromatic rings. The molecular weight excluding hydrogens is 400 g/mol. The third kappa shape index (κ3) is 4.39. The number of carbonyl (C=O) groups is 1. The molecular formula is C19H27ClN4O3S. The van der Waals surface area contributed by atoms with Gasteiger partial charge in [0.2, 0.25) is 15.9 Å². The Morgan fingerprint density at radius 1 is 1.18 bits per heavy atom. The Kier molecular flexibility index (Phi) is 6.90. The van der Waals surface area contributed by atoms with Crippen molar-refractivity contribution in [2.75, 3.05) is 18.4 Å². The molecule has 9 heteroatoms. The van der Waals surface area contributed by atoms with Gasteiger partial charge in [0.1, 0.15) is 11.4 Å². The molecule has 154 valence electrons. The van der Waals surface area contributed by atoms with Gasteiger partial charge in [-0.25, -0.2) is 8.42 Å². The molecule has 2 rings (SSSR count). The average molecular weight is 427 g/mol. The molecule has 0 fully saturated rings. The van der Waals surface area contributed by atoms with Crippen molar-refractivity contribution in [1.82, 2.24) is 14.1 Å². The molecule has 0 saturated carbocycles. The van der Waals surface area contributed by atoms with Gasteiger partial charge in [0.05, 0.1) is 22.1 Å². The van der Waals surface area contributed by atoms with E-state index in [-0.39, 0.29) is 17.3 Å². The van der Waals surface area contributed by atoms with Crippen molar-refractivity contribution in [2.45, 2.75) is 53.0 Å². The maximum atomic E-state index is 12.9. The molecule has 7 nitrogen and oxygen atoms in total. The molecule has 0 atom stereocenters. The van der Waals surface area contributed by atoms with Crippen LogP contribution in [-0.2, 0) is 21.4 Å². The van der Waals surface area contributed by atoms with Crippen LogP contribution in [0, 0.1) is 27.7 Å². The zero-order valence-electron chi connectivity index (χ0n) is 17.1. The van der Waals surface area contributed by atoms with E-state index in [4.69, 9.17) is 11.6 Å². The fourth-order valence-electron chi connectivity index (χ4n) is 3.29. The summed E-state index contributed by atoms with van der Waals surface area (Å²) in [6, 6.07) is 3.71. The Morgan fingerprint density at radius 2 is 1.79 bits per heavy atom. The van der Waals surface area contributed by atoms with Crippen molar-refractivity contribution in [2.24, 2.45) is 0 Å². The second-order valence-corrected chi connectivity index (χ2v) is 9.02. The van der Waals surface area contributed by atoms with Crippen LogP contribution in [0.1, 0.15) is 36.4 Å². The minimum atomic E-state index is -3.66. The first-order valence-corrected chi connectivity index (χ1v) is 10.9. The quantitative estimate of drug-likeness (QED) is 0.734. The normalized spacial score (nSPS) is 11.9. The van der Waals surface area contributed by atoms with Crippen LogP contribution in [0.2, 0.25) is 5.02 Å². The van der Waals surface area contributed by atoms with Crippen molar-refractivity contribution >= 4 is 33.2 Å². The summed E-state index contributed by atoms with van der Waals surface area (Å²) in [6.07, 6.45) is 0. The third-order valence-corrected chi connectivity index (χ3v) is 7.21. The number of hydrogen-bond acceptors (Lipinski definition) is 4. The lowest BCUT2D eigenvalue weighted by atomic mass is 10.1. The second-order valence-electron chi connectivity index (χ2n) is 6.73. The van der Waals surface area contributed by atoms with Crippen LogP contribution in [0.4, 0.5) is 5.69 Å². The summed E-state index contributed by atoms with van der Waals surface area (Å²) in [7, 11) is -3.66. The summed E-state index contributed by atoms with van der Waals surface area (Å²) in [5.74, 6) is -0.328. The number of rotatable bonds is 7. The van der Waals surface area contributed by atoms with Gasteiger partial charge in [-0.15, -0.1) is 0 Å². The van der Waals surface area contributed by atoms with Gasteiger partial charge in [0.15, 0.2) is 0 Å². The number of nitrogens with zero attached hydrogens (tertiary/aromatic N) is 3. The van der Waals surface area contributed by atoms with Crippen LogP contribution in [-0.4, -0.2) is 41.5 Å². The van der Waals surface area contributed by atoms with E-state index in [1.165, 1.54) is 8.99 Å². The van der Waals surface area contributed by atoms with Crippen LogP contribution in [0.25, 0.3) is 0 Å². The summed E-state index contributed by atoms with van der Waals surface area (Å²) in [5, 5.41) is 7.55. The lowest BCUT2D eigenvalue weighted by Crippen LogP contribution is -2.31. The summed E-state index contributed by atoms with van der Waals surface area (Å²) in [6.45, 7) is 11.3. The summed E-state index contributed by atoms with van der Waals surface area (Å²) in [5.41, 5.74) is 3.23. The van der Waals surface area contributed by atoms with Gasteiger partial charge >= 0.3 is 0 Å². The first-order chi connectivity index (χ1) is 13.0. The van der Waals surface area contributed by atoms with Crippen LogP contribution >= 0.6 is 11.6 Å². The maximum absolute atomic E-state index is 12.9. The molecule has 1 N–H and O–H groups in total. The molecule has 0 spiro atoms. The van der Waals surface area contributed by atoms with Crippen LogP contribution < -0.4 is 5.32 Å². The number of anilines is 1. The third-order valence-electron chi connectivity index (χ3n) is 4.61. The van der Waals surface area contributed by atoms with E-state index in [2.05, 4.69) is 10.4 Å². The highest BCUT2D eigenvalue weighted by molar-refractivity contribution is 7.89. The first-order valence-electron chi connectivity index (χ1n) is 9.13. The fourth-order valence-corrected chi connectivity index (χ4v) is 5.49. The monoisotopic (exact) mass is 426 g/mol. The Hall–Kier alpha value is -1.90. The number of amides is 1. The van der Waals surface area contributed by atoms with E-state index in [0.29, 0.717) is 35.2 Å². The van der Waals surface area contributed by atoms with Gasteiger partial charge in [-0.2, -0.15) is 9.40 Å². The number of carbonyl (C=O) groups excluding carboxylic acids is 1. The van der Waals surface area contributed by atoms with Crippen LogP contribution in [0.5, 0.6) is 0 Å². The number of sulfonamides is 1. The minimum Gasteiger partial charge on any atom is -0.323 e. The summed E-state index contributed by atoms with van der Waals surface area (Å²) in [4.78, 5) is 12.7. The molecule has 1 aromatic carbocycles.